The van der Waals surface area contributed by atoms with Crippen LogP contribution in [0.4, 0.5) is 5.82 Å². The van der Waals surface area contributed by atoms with Crippen LogP contribution in [0.3, 0.4) is 0 Å². The van der Waals surface area contributed by atoms with Crippen molar-refractivity contribution in [1.29, 1.82) is 0 Å². The van der Waals surface area contributed by atoms with Crippen LogP contribution in [-0.2, 0) is 20.7 Å². The number of unbranched alkanes of at least 4 members (excludes halogenated alkanes) is 1. The number of piperidine rings is 1. The maximum atomic E-state index is 11.2. The Bertz CT molecular complexity index is 1140. The number of rotatable bonds is 8. The summed E-state index contributed by atoms with van der Waals surface area (Å²) in [6.07, 6.45) is 11.9. The first-order valence-electron chi connectivity index (χ1n) is 13.6. The fourth-order valence-corrected chi connectivity index (χ4v) is 5.46. The van der Waals surface area contributed by atoms with Gasteiger partial charge in [0.1, 0.15) is 17.7 Å². The number of hydrogen-bond acceptors (Lipinski definition) is 6. The van der Waals surface area contributed by atoms with Crippen LogP contribution in [0.2, 0.25) is 0 Å². The normalized spacial score (nSPS) is 21.1. The Balaban J connectivity index is 1.12. The van der Waals surface area contributed by atoms with Crippen molar-refractivity contribution in [2.24, 2.45) is 0 Å². The Morgan fingerprint density at radius 2 is 1.78 bits per heavy atom. The number of nitrogens with zero attached hydrogens (tertiary/aromatic N) is 3. The predicted molar refractivity (Wildman–Crippen MR) is 142 cm³/mol. The zero-order valence-electron chi connectivity index (χ0n) is 21.5. The molecule has 0 atom stereocenters. The van der Waals surface area contributed by atoms with E-state index in [1.165, 1.54) is 25.3 Å². The number of aromatic amines is 1. The molecule has 0 bridgehead atoms. The van der Waals surface area contributed by atoms with E-state index in [1.807, 2.05) is 6.20 Å². The second-order valence-corrected chi connectivity index (χ2v) is 10.3. The summed E-state index contributed by atoms with van der Waals surface area (Å²) >= 11 is 0. The third kappa shape index (κ3) is 6.06. The molecular formula is C29H38N4O3. The molecule has 0 spiro atoms. The quantitative estimate of drug-likeness (QED) is 0.400. The first-order valence-corrected chi connectivity index (χ1v) is 13.6. The number of imidazole rings is 1. The number of nitrogens with one attached hydrogen (secondary N) is 1. The number of carbonyl (C=O) groups excluding carboxylic acids is 1. The maximum absolute atomic E-state index is 11.2. The van der Waals surface area contributed by atoms with Gasteiger partial charge in [-0.2, -0.15) is 0 Å². The second-order valence-electron chi connectivity index (χ2n) is 10.3. The number of carbonyl (C=O) groups is 1. The molecule has 2 fully saturated rings. The average Bonchev–Trinajstić information content (AvgIpc) is 3.32. The van der Waals surface area contributed by atoms with Gasteiger partial charge in [0.2, 0.25) is 0 Å². The van der Waals surface area contributed by atoms with E-state index in [4.69, 9.17) is 19.4 Å². The maximum Gasteiger partial charge on any atom is 0.302 e. The van der Waals surface area contributed by atoms with Crippen molar-refractivity contribution in [2.45, 2.75) is 89.9 Å². The highest BCUT2D eigenvalue weighted by atomic mass is 16.5. The molecule has 5 rings (SSSR count). The molecule has 3 heterocycles. The number of esters is 1. The minimum Gasteiger partial charge on any atom is -0.463 e. The Labute approximate surface area is 213 Å². The zero-order valence-corrected chi connectivity index (χ0v) is 21.5. The molecule has 1 N–H and O–H groups in total. The molecule has 0 radical (unpaired) electrons. The fraction of sp³-hybridized carbons (Fsp3) is 0.552. The molecule has 1 aliphatic carbocycles. The van der Waals surface area contributed by atoms with Crippen molar-refractivity contribution >= 4 is 22.8 Å². The van der Waals surface area contributed by atoms with E-state index in [9.17, 15) is 4.79 Å². The minimum absolute atomic E-state index is 0.0704. The van der Waals surface area contributed by atoms with Gasteiger partial charge < -0.3 is 19.4 Å². The molecule has 7 heteroatoms. The van der Waals surface area contributed by atoms with Gasteiger partial charge in [-0.25, -0.2) is 9.97 Å². The molecular weight excluding hydrogens is 452 g/mol. The van der Waals surface area contributed by atoms with Crippen LogP contribution >= 0.6 is 0 Å². The first-order chi connectivity index (χ1) is 17.6. The third-order valence-electron chi connectivity index (χ3n) is 7.49. The standard InChI is InChI=1S/C29H38N4O3/c1-3-4-5-21-6-12-26-27(18-21)32-29(31-26)22-7-13-28(30-19-22)33-16-14-25(15-17-33)36-24-10-8-23(9-11-24)35-20(2)34/h6-7,12-13,18-19,23-25H,3-5,8-11,14-17H2,1-2H3,(H,31,32). The number of benzene rings is 1. The minimum atomic E-state index is -0.178. The summed E-state index contributed by atoms with van der Waals surface area (Å²) in [6, 6.07) is 10.7. The number of anilines is 1. The molecule has 2 aromatic heterocycles. The van der Waals surface area contributed by atoms with E-state index in [1.54, 1.807) is 0 Å². The van der Waals surface area contributed by atoms with Crippen molar-refractivity contribution in [2.75, 3.05) is 18.0 Å². The van der Waals surface area contributed by atoms with E-state index in [-0.39, 0.29) is 18.2 Å². The Kier molecular flexibility index (Phi) is 7.85. The van der Waals surface area contributed by atoms with Crippen molar-refractivity contribution < 1.29 is 14.3 Å². The van der Waals surface area contributed by atoms with Crippen molar-refractivity contribution in [3.63, 3.8) is 0 Å². The van der Waals surface area contributed by atoms with Crippen molar-refractivity contribution in [1.82, 2.24) is 15.0 Å². The molecule has 192 valence electrons. The molecule has 3 aromatic rings. The molecule has 7 nitrogen and oxygen atoms in total. The summed E-state index contributed by atoms with van der Waals surface area (Å²) in [5.41, 5.74) is 4.45. The number of hydrogen-bond donors (Lipinski definition) is 1. The van der Waals surface area contributed by atoms with E-state index < -0.39 is 0 Å². The molecule has 1 aliphatic heterocycles. The number of aromatic nitrogens is 3. The van der Waals surface area contributed by atoms with Crippen LogP contribution in [0.25, 0.3) is 22.4 Å². The summed E-state index contributed by atoms with van der Waals surface area (Å²) < 4.78 is 11.8. The lowest BCUT2D eigenvalue weighted by atomic mass is 9.94. The lowest BCUT2D eigenvalue weighted by molar-refractivity contribution is -0.150. The summed E-state index contributed by atoms with van der Waals surface area (Å²) in [6.45, 7) is 5.61. The largest absolute Gasteiger partial charge is 0.463 e. The molecule has 1 saturated heterocycles. The summed E-state index contributed by atoms with van der Waals surface area (Å²) in [4.78, 5) is 26.5. The topological polar surface area (TPSA) is 80.3 Å². The average molecular weight is 491 g/mol. The van der Waals surface area contributed by atoms with E-state index in [0.29, 0.717) is 6.10 Å². The van der Waals surface area contributed by atoms with Gasteiger partial charge in [0.25, 0.3) is 0 Å². The number of ether oxygens (including phenoxy) is 2. The summed E-state index contributed by atoms with van der Waals surface area (Å²) in [5.74, 6) is 1.70. The van der Waals surface area contributed by atoms with E-state index in [0.717, 1.165) is 86.3 Å². The monoisotopic (exact) mass is 490 g/mol. The first kappa shape index (κ1) is 24.8. The zero-order chi connectivity index (χ0) is 24.9. The lowest BCUT2D eigenvalue weighted by Crippen LogP contribution is -2.39. The van der Waals surface area contributed by atoms with Gasteiger partial charge in [-0.15, -0.1) is 0 Å². The van der Waals surface area contributed by atoms with Gasteiger partial charge in [0.05, 0.1) is 23.2 Å². The Morgan fingerprint density at radius 1 is 1.03 bits per heavy atom. The molecule has 1 aromatic carbocycles. The van der Waals surface area contributed by atoms with Gasteiger partial charge in [0.15, 0.2) is 0 Å². The Hall–Kier alpha value is -2.93. The van der Waals surface area contributed by atoms with E-state index >= 15 is 0 Å². The van der Waals surface area contributed by atoms with Gasteiger partial charge in [-0.05, 0) is 81.2 Å². The van der Waals surface area contributed by atoms with Crippen LogP contribution in [0.5, 0.6) is 0 Å². The molecule has 0 unspecified atom stereocenters. The Morgan fingerprint density at radius 3 is 2.47 bits per heavy atom. The predicted octanol–water partition coefficient (Wildman–Crippen LogP) is 5.83. The third-order valence-corrected chi connectivity index (χ3v) is 7.49. The SMILES string of the molecule is CCCCc1ccc2nc(-c3ccc(N4CCC(OC5CCC(OC(C)=O)CC5)CC4)nc3)[nH]c2c1. The highest BCUT2D eigenvalue weighted by Gasteiger charge is 2.28. The number of fused-ring (bicyclic) bond motifs is 1. The molecule has 36 heavy (non-hydrogen) atoms. The van der Waals surface area contributed by atoms with Crippen LogP contribution < -0.4 is 4.90 Å². The van der Waals surface area contributed by atoms with Gasteiger partial charge in [-0.1, -0.05) is 19.4 Å². The van der Waals surface area contributed by atoms with Gasteiger partial charge >= 0.3 is 5.97 Å². The summed E-state index contributed by atoms with van der Waals surface area (Å²) in [5, 5.41) is 0. The van der Waals surface area contributed by atoms with Crippen LogP contribution in [0.15, 0.2) is 36.5 Å². The van der Waals surface area contributed by atoms with Crippen LogP contribution in [0.1, 0.15) is 70.8 Å². The summed E-state index contributed by atoms with van der Waals surface area (Å²) in [7, 11) is 0. The van der Waals surface area contributed by atoms with Crippen LogP contribution in [0, 0.1) is 0 Å². The van der Waals surface area contributed by atoms with Crippen LogP contribution in [-0.4, -0.2) is 52.3 Å². The van der Waals surface area contributed by atoms with Gasteiger partial charge in [0, 0.05) is 31.8 Å². The smallest absolute Gasteiger partial charge is 0.302 e. The van der Waals surface area contributed by atoms with Gasteiger partial charge in [-0.3, -0.25) is 4.79 Å². The molecule has 0 amide bonds. The second kappa shape index (κ2) is 11.4. The van der Waals surface area contributed by atoms with Crippen molar-refractivity contribution in [3.05, 3.63) is 42.1 Å². The molecule has 1 saturated carbocycles. The highest BCUT2D eigenvalue weighted by molar-refractivity contribution is 5.80. The highest BCUT2D eigenvalue weighted by Crippen LogP contribution is 2.28. The fourth-order valence-electron chi connectivity index (χ4n) is 5.46. The molecule has 2 aliphatic rings. The van der Waals surface area contributed by atoms with Crippen molar-refractivity contribution in [3.8, 4) is 11.4 Å². The number of pyridine rings is 1. The van der Waals surface area contributed by atoms with E-state index in [2.05, 4.69) is 47.1 Å². The lowest BCUT2D eigenvalue weighted by Gasteiger charge is -2.36. The number of H-pyrrole nitrogens is 1. The number of aryl methyl sites for hydroxylation is 1.